The lowest BCUT2D eigenvalue weighted by Crippen LogP contribution is -2.36. The Labute approximate surface area is 140 Å². The number of amides is 2. The third-order valence-electron chi connectivity index (χ3n) is 4.50. The maximum atomic E-state index is 11.9. The van der Waals surface area contributed by atoms with Crippen molar-refractivity contribution in [3.05, 3.63) is 56.9 Å². The molecule has 0 bridgehead atoms. The third kappa shape index (κ3) is 3.69. The fraction of sp³-hybridized carbons (Fsp3) is 0.444. The van der Waals surface area contributed by atoms with Gasteiger partial charge in [-0.15, -0.1) is 0 Å². The van der Waals surface area contributed by atoms with E-state index in [1.54, 1.807) is 0 Å². The van der Waals surface area contributed by atoms with E-state index in [0.717, 1.165) is 22.8 Å². The Morgan fingerprint density at radius 2 is 2.00 bits per heavy atom. The summed E-state index contributed by atoms with van der Waals surface area (Å²) in [5.41, 5.74) is 2.08. The molecule has 1 fully saturated rings. The molecule has 0 radical (unpaired) electrons. The Balaban J connectivity index is 1.49. The van der Waals surface area contributed by atoms with E-state index in [9.17, 15) is 9.59 Å². The molecule has 3 N–H and O–H groups in total. The van der Waals surface area contributed by atoms with Crippen LogP contribution in [0.4, 0.5) is 4.79 Å². The van der Waals surface area contributed by atoms with E-state index in [1.807, 2.05) is 32.0 Å². The largest absolute Gasteiger partial charge is 0.464 e. The number of hydrogen-bond donors (Lipinski definition) is 3. The van der Waals surface area contributed by atoms with Gasteiger partial charge in [-0.1, -0.05) is 6.92 Å². The second-order valence-electron chi connectivity index (χ2n) is 6.60. The van der Waals surface area contributed by atoms with Crippen LogP contribution in [0.3, 0.4) is 0 Å². The van der Waals surface area contributed by atoms with E-state index in [4.69, 9.17) is 4.42 Å². The van der Waals surface area contributed by atoms with Gasteiger partial charge in [-0.25, -0.2) is 4.79 Å². The minimum absolute atomic E-state index is 0.165. The number of aryl methyl sites for hydroxylation is 2. The van der Waals surface area contributed by atoms with Gasteiger partial charge in [0.25, 0.3) is 5.56 Å². The van der Waals surface area contributed by atoms with Crippen molar-refractivity contribution >= 4 is 6.03 Å². The molecule has 6 nitrogen and oxygen atoms in total. The molecule has 128 valence electrons. The van der Waals surface area contributed by atoms with Crippen molar-refractivity contribution in [2.45, 2.75) is 46.2 Å². The molecule has 2 heterocycles. The van der Waals surface area contributed by atoms with Crippen LogP contribution in [0.25, 0.3) is 0 Å². The molecule has 1 aliphatic carbocycles. The maximum absolute atomic E-state index is 11.9. The van der Waals surface area contributed by atoms with Crippen molar-refractivity contribution in [2.24, 2.45) is 5.92 Å². The first-order valence-electron chi connectivity index (χ1n) is 8.23. The van der Waals surface area contributed by atoms with E-state index in [-0.39, 0.29) is 18.1 Å². The van der Waals surface area contributed by atoms with Crippen LogP contribution in [0.1, 0.15) is 47.6 Å². The standard InChI is InChI=1S/C18H23N3O3/c1-10-6-12(3)21-17(22)15(10)9-20-18(23)19-8-13-4-5-16(24-13)14-7-11(14)2/h4-6,11,14H,7-9H2,1-3H3,(H,21,22)(H2,19,20,23)/t11-,14-/m0/s1. The summed E-state index contributed by atoms with van der Waals surface area (Å²) in [5.74, 6) is 2.96. The number of aromatic amines is 1. The molecular formula is C18H23N3O3. The predicted molar refractivity (Wildman–Crippen MR) is 90.8 cm³/mol. The first-order chi connectivity index (χ1) is 11.4. The van der Waals surface area contributed by atoms with Crippen LogP contribution < -0.4 is 16.2 Å². The van der Waals surface area contributed by atoms with Gasteiger partial charge in [-0.2, -0.15) is 0 Å². The van der Waals surface area contributed by atoms with Crippen molar-refractivity contribution < 1.29 is 9.21 Å². The van der Waals surface area contributed by atoms with Crippen LogP contribution in [0.15, 0.2) is 27.4 Å². The zero-order valence-electron chi connectivity index (χ0n) is 14.2. The molecule has 0 unspecified atom stereocenters. The number of carbonyl (C=O) groups excluding carboxylic acids is 1. The van der Waals surface area contributed by atoms with E-state index in [2.05, 4.69) is 22.5 Å². The van der Waals surface area contributed by atoms with Gasteiger partial charge < -0.3 is 20.0 Å². The van der Waals surface area contributed by atoms with Gasteiger partial charge in [0.1, 0.15) is 11.5 Å². The van der Waals surface area contributed by atoms with E-state index < -0.39 is 0 Å². The molecular weight excluding hydrogens is 306 g/mol. The molecule has 1 saturated carbocycles. The minimum atomic E-state index is -0.327. The van der Waals surface area contributed by atoms with Gasteiger partial charge in [-0.3, -0.25) is 4.79 Å². The maximum Gasteiger partial charge on any atom is 0.315 e. The van der Waals surface area contributed by atoms with Crippen LogP contribution in [0, 0.1) is 19.8 Å². The number of rotatable bonds is 5. The molecule has 6 heteroatoms. The second kappa shape index (κ2) is 6.55. The lowest BCUT2D eigenvalue weighted by atomic mass is 10.1. The molecule has 24 heavy (non-hydrogen) atoms. The number of nitrogens with one attached hydrogen (secondary N) is 3. The molecule has 0 spiro atoms. The highest BCUT2D eigenvalue weighted by Crippen LogP contribution is 2.47. The minimum Gasteiger partial charge on any atom is -0.464 e. The Bertz CT molecular complexity index is 806. The van der Waals surface area contributed by atoms with Gasteiger partial charge >= 0.3 is 6.03 Å². The van der Waals surface area contributed by atoms with Crippen molar-refractivity contribution in [1.82, 2.24) is 15.6 Å². The van der Waals surface area contributed by atoms with Crippen molar-refractivity contribution in [1.29, 1.82) is 0 Å². The summed E-state index contributed by atoms with van der Waals surface area (Å²) in [6, 6.07) is 5.44. The Hall–Kier alpha value is -2.50. The highest BCUT2D eigenvalue weighted by molar-refractivity contribution is 5.73. The topological polar surface area (TPSA) is 87.1 Å². The zero-order valence-corrected chi connectivity index (χ0v) is 14.2. The van der Waals surface area contributed by atoms with Gasteiger partial charge in [0, 0.05) is 17.2 Å². The third-order valence-corrected chi connectivity index (χ3v) is 4.50. The first-order valence-corrected chi connectivity index (χ1v) is 8.23. The van der Waals surface area contributed by atoms with Gasteiger partial charge in [0.15, 0.2) is 0 Å². The lowest BCUT2D eigenvalue weighted by molar-refractivity contribution is 0.239. The Morgan fingerprint density at radius 1 is 1.29 bits per heavy atom. The van der Waals surface area contributed by atoms with Crippen LogP contribution in [0.2, 0.25) is 0 Å². The number of furan rings is 1. The summed E-state index contributed by atoms with van der Waals surface area (Å²) in [4.78, 5) is 26.6. The van der Waals surface area contributed by atoms with Gasteiger partial charge in [0.05, 0.1) is 13.1 Å². The van der Waals surface area contributed by atoms with Crippen molar-refractivity contribution in [3.63, 3.8) is 0 Å². The number of H-pyrrole nitrogens is 1. The fourth-order valence-corrected chi connectivity index (χ4v) is 2.91. The Kier molecular flexibility index (Phi) is 4.46. The molecule has 3 rings (SSSR count). The smallest absolute Gasteiger partial charge is 0.315 e. The first kappa shape index (κ1) is 16.4. The van der Waals surface area contributed by atoms with E-state index >= 15 is 0 Å². The number of urea groups is 1. The van der Waals surface area contributed by atoms with Gasteiger partial charge in [0.2, 0.25) is 0 Å². The number of hydrogen-bond acceptors (Lipinski definition) is 3. The highest BCUT2D eigenvalue weighted by Gasteiger charge is 2.36. The molecule has 0 saturated heterocycles. The Morgan fingerprint density at radius 3 is 2.67 bits per heavy atom. The summed E-state index contributed by atoms with van der Waals surface area (Å²) >= 11 is 0. The quantitative estimate of drug-likeness (QED) is 0.788. The molecule has 2 aromatic rings. The molecule has 2 atom stereocenters. The van der Waals surface area contributed by atoms with Crippen LogP contribution in [-0.4, -0.2) is 11.0 Å². The summed E-state index contributed by atoms with van der Waals surface area (Å²) in [7, 11) is 0. The van der Waals surface area contributed by atoms with Crippen LogP contribution >= 0.6 is 0 Å². The average molecular weight is 329 g/mol. The summed E-state index contributed by atoms with van der Waals surface area (Å²) < 4.78 is 5.75. The fourth-order valence-electron chi connectivity index (χ4n) is 2.91. The van der Waals surface area contributed by atoms with Crippen molar-refractivity contribution in [2.75, 3.05) is 0 Å². The second-order valence-corrected chi connectivity index (χ2v) is 6.60. The SMILES string of the molecule is Cc1cc(C)c(CNC(=O)NCc2ccc([C@H]3C[C@@H]3C)o2)c(=O)[nH]1. The van der Waals surface area contributed by atoms with Crippen molar-refractivity contribution in [3.8, 4) is 0 Å². The summed E-state index contributed by atoms with van der Waals surface area (Å²) in [6.45, 7) is 6.42. The van der Waals surface area contributed by atoms with Gasteiger partial charge in [-0.05, 0) is 49.9 Å². The van der Waals surface area contributed by atoms with E-state index in [1.165, 1.54) is 6.42 Å². The molecule has 0 aliphatic heterocycles. The number of aromatic nitrogens is 1. The summed E-state index contributed by atoms with van der Waals surface area (Å²) in [5, 5.41) is 5.45. The lowest BCUT2D eigenvalue weighted by Gasteiger charge is -2.09. The highest BCUT2D eigenvalue weighted by atomic mass is 16.3. The normalized spacial score (nSPS) is 19.1. The average Bonchev–Trinajstić information content (AvgIpc) is 3.06. The monoisotopic (exact) mass is 329 g/mol. The number of pyridine rings is 1. The summed E-state index contributed by atoms with van der Waals surface area (Å²) in [6.07, 6.45) is 1.17. The van der Waals surface area contributed by atoms with Crippen LogP contribution in [-0.2, 0) is 13.1 Å². The predicted octanol–water partition coefficient (Wildman–Crippen LogP) is 2.71. The molecule has 1 aliphatic rings. The van der Waals surface area contributed by atoms with E-state index in [0.29, 0.717) is 23.9 Å². The zero-order chi connectivity index (χ0) is 17.3. The molecule has 2 amide bonds. The molecule has 0 aromatic carbocycles. The number of carbonyl (C=O) groups is 1. The molecule has 2 aromatic heterocycles. The van der Waals surface area contributed by atoms with Crippen LogP contribution in [0.5, 0.6) is 0 Å².